The van der Waals surface area contributed by atoms with Crippen molar-refractivity contribution in [2.75, 3.05) is 26.0 Å². The molecule has 3 atom stereocenters. The van der Waals surface area contributed by atoms with Gasteiger partial charge in [0.25, 0.3) is 0 Å². The summed E-state index contributed by atoms with van der Waals surface area (Å²) in [5, 5.41) is 12.2. The Morgan fingerprint density at radius 3 is 3.16 bits per heavy atom. The number of nitrogens with zero attached hydrogens (tertiary/aromatic N) is 1. The second kappa shape index (κ2) is 5.68. The number of fused-ring (bicyclic) bond motifs is 1. The van der Waals surface area contributed by atoms with Crippen molar-refractivity contribution in [2.24, 2.45) is 0 Å². The first kappa shape index (κ1) is 14.6. The van der Waals surface area contributed by atoms with Crippen molar-refractivity contribution >= 4 is 23.6 Å². The van der Waals surface area contributed by atoms with Gasteiger partial charge in [-0.3, -0.25) is 9.59 Å². The first-order chi connectivity index (χ1) is 8.98. The first-order valence-electron chi connectivity index (χ1n) is 6.39. The molecule has 0 bridgehead atoms. The average molecular weight is 288 g/mol. The van der Waals surface area contributed by atoms with Crippen LogP contribution < -0.4 is 5.32 Å². The first-order valence-corrected chi connectivity index (χ1v) is 7.37. The normalized spacial score (nSPS) is 31.4. The number of hydrogen-bond donors (Lipinski definition) is 2. The van der Waals surface area contributed by atoms with E-state index in [0.29, 0.717) is 12.2 Å². The molecular formula is C12H20N2O4S. The maximum absolute atomic E-state index is 12.1. The highest BCUT2D eigenvalue weighted by Gasteiger charge is 2.52. The number of aliphatic hydroxyl groups is 1. The molecule has 0 aromatic carbocycles. The number of carbonyl (C=O) groups is 2. The van der Waals surface area contributed by atoms with Crippen molar-refractivity contribution < 1.29 is 19.4 Å². The molecular weight excluding hydrogens is 268 g/mol. The van der Waals surface area contributed by atoms with Crippen LogP contribution in [0.3, 0.4) is 0 Å². The number of thioether (sulfide) groups is 1. The van der Waals surface area contributed by atoms with Gasteiger partial charge in [-0.1, -0.05) is 0 Å². The van der Waals surface area contributed by atoms with Gasteiger partial charge in [0.15, 0.2) is 0 Å². The van der Waals surface area contributed by atoms with Gasteiger partial charge >= 0.3 is 0 Å². The number of methoxy groups -OCH3 is 1. The van der Waals surface area contributed by atoms with Gasteiger partial charge < -0.3 is 20.1 Å². The summed E-state index contributed by atoms with van der Waals surface area (Å²) in [6, 6.07) is -0.417. The minimum Gasteiger partial charge on any atom is -0.389 e. The van der Waals surface area contributed by atoms with Crippen LogP contribution in [0, 0.1) is 0 Å². The lowest BCUT2D eigenvalue weighted by atomic mass is 10.2. The molecule has 2 heterocycles. The molecule has 0 saturated carbocycles. The Balaban J connectivity index is 1.91. The highest BCUT2D eigenvalue weighted by molar-refractivity contribution is 8.01. The Hall–Kier alpha value is -0.790. The zero-order chi connectivity index (χ0) is 14.0. The molecule has 2 aliphatic rings. The van der Waals surface area contributed by atoms with Gasteiger partial charge in [-0.05, 0) is 13.3 Å². The molecule has 19 heavy (non-hydrogen) atoms. The molecule has 0 spiro atoms. The van der Waals surface area contributed by atoms with Crippen LogP contribution in [0.1, 0.15) is 19.8 Å². The van der Waals surface area contributed by atoms with E-state index in [2.05, 4.69) is 5.32 Å². The molecule has 0 aromatic heterocycles. The maximum Gasteiger partial charge on any atom is 0.243 e. The fraction of sp³-hybridized carbons (Fsp3) is 0.833. The third kappa shape index (κ3) is 2.88. The molecule has 2 fully saturated rings. The molecule has 3 unspecified atom stereocenters. The molecule has 2 rings (SSSR count). The zero-order valence-electron chi connectivity index (χ0n) is 11.2. The monoisotopic (exact) mass is 288 g/mol. The lowest BCUT2D eigenvalue weighted by Gasteiger charge is -2.30. The van der Waals surface area contributed by atoms with E-state index in [1.54, 1.807) is 16.7 Å². The van der Waals surface area contributed by atoms with Crippen LogP contribution in [-0.4, -0.2) is 64.9 Å². The lowest BCUT2D eigenvalue weighted by Crippen LogP contribution is -2.51. The van der Waals surface area contributed by atoms with Crippen molar-refractivity contribution in [3.63, 3.8) is 0 Å². The van der Waals surface area contributed by atoms with E-state index in [0.717, 1.165) is 6.42 Å². The van der Waals surface area contributed by atoms with Crippen LogP contribution in [-0.2, 0) is 14.3 Å². The highest BCUT2D eigenvalue weighted by Crippen LogP contribution is 2.47. The van der Waals surface area contributed by atoms with Crippen molar-refractivity contribution in [1.29, 1.82) is 0 Å². The fourth-order valence-corrected chi connectivity index (χ4v) is 4.03. The Morgan fingerprint density at radius 1 is 1.74 bits per heavy atom. The van der Waals surface area contributed by atoms with E-state index >= 15 is 0 Å². The smallest absolute Gasteiger partial charge is 0.243 e. The van der Waals surface area contributed by atoms with Gasteiger partial charge in [0, 0.05) is 25.8 Å². The number of nitrogens with one attached hydrogen (secondary N) is 1. The lowest BCUT2D eigenvalue weighted by molar-refractivity contribution is -0.138. The zero-order valence-corrected chi connectivity index (χ0v) is 12.0. The second-order valence-corrected chi connectivity index (χ2v) is 6.62. The summed E-state index contributed by atoms with van der Waals surface area (Å²) in [6.45, 7) is 2.34. The Bertz CT molecular complexity index is 379. The molecule has 0 aliphatic carbocycles. The largest absolute Gasteiger partial charge is 0.389 e. The summed E-state index contributed by atoms with van der Waals surface area (Å²) in [7, 11) is 1.49. The molecule has 0 aromatic rings. The standard InChI is InChI=1S/C12H20N2O4S/c1-12-4-3-10(16)14(12)9(7-19-12)11(17)13-5-8(15)6-18-2/h8-9,15H,3-7H2,1-2H3,(H,13,17). The molecule has 2 N–H and O–H groups in total. The summed E-state index contributed by atoms with van der Waals surface area (Å²) >= 11 is 1.66. The van der Waals surface area contributed by atoms with Gasteiger partial charge in [-0.15, -0.1) is 11.8 Å². The summed E-state index contributed by atoms with van der Waals surface area (Å²) in [5.41, 5.74) is 0. The van der Waals surface area contributed by atoms with Gasteiger partial charge in [0.05, 0.1) is 17.6 Å². The van der Waals surface area contributed by atoms with Crippen LogP contribution in [0.2, 0.25) is 0 Å². The third-order valence-electron chi connectivity index (χ3n) is 3.62. The van der Waals surface area contributed by atoms with E-state index in [4.69, 9.17) is 4.74 Å². The third-order valence-corrected chi connectivity index (χ3v) is 5.12. The predicted octanol–water partition coefficient (Wildman–Crippen LogP) is -0.436. The quantitative estimate of drug-likeness (QED) is 0.717. The van der Waals surface area contributed by atoms with E-state index in [1.165, 1.54) is 7.11 Å². The summed E-state index contributed by atoms with van der Waals surface area (Å²) in [5.74, 6) is 0.473. The average Bonchev–Trinajstić information content (AvgIpc) is 2.85. The van der Waals surface area contributed by atoms with E-state index in [9.17, 15) is 14.7 Å². The summed E-state index contributed by atoms with van der Waals surface area (Å²) in [6.07, 6.45) is 0.593. The van der Waals surface area contributed by atoms with Crippen molar-refractivity contribution in [1.82, 2.24) is 10.2 Å². The molecule has 7 heteroatoms. The second-order valence-electron chi connectivity index (χ2n) is 5.12. The van der Waals surface area contributed by atoms with E-state index in [1.807, 2.05) is 6.92 Å². The summed E-state index contributed by atoms with van der Waals surface area (Å²) in [4.78, 5) is 25.5. The number of carbonyl (C=O) groups excluding carboxylic acids is 2. The molecule has 2 amide bonds. The van der Waals surface area contributed by atoms with E-state index in [-0.39, 0.29) is 29.8 Å². The minimum absolute atomic E-state index is 0.0464. The van der Waals surface area contributed by atoms with Gasteiger partial charge in [0.2, 0.25) is 11.8 Å². The van der Waals surface area contributed by atoms with Crippen LogP contribution in [0.15, 0.2) is 0 Å². The van der Waals surface area contributed by atoms with Crippen LogP contribution in [0.4, 0.5) is 0 Å². The highest BCUT2D eigenvalue weighted by atomic mass is 32.2. The van der Waals surface area contributed by atoms with Crippen molar-refractivity contribution in [3.05, 3.63) is 0 Å². The number of ether oxygens (including phenoxy) is 1. The minimum atomic E-state index is -0.719. The number of amides is 2. The SMILES string of the molecule is COCC(O)CNC(=O)C1CSC2(C)CCC(=O)N12. The van der Waals surface area contributed by atoms with Gasteiger partial charge in [-0.2, -0.15) is 0 Å². The Labute approximate surface area is 116 Å². The maximum atomic E-state index is 12.1. The molecule has 2 saturated heterocycles. The fourth-order valence-electron chi connectivity index (χ4n) is 2.60. The summed E-state index contributed by atoms with van der Waals surface area (Å²) < 4.78 is 4.79. The van der Waals surface area contributed by atoms with Crippen molar-refractivity contribution in [2.45, 2.75) is 36.8 Å². The van der Waals surface area contributed by atoms with Crippen LogP contribution >= 0.6 is 11.8 Å². The number of aliphatic hydroxyl groups excluding tert-OH is 1. The molecule has 6 nitrogen and oxygen atoms in total. The van der Waals surface area contributed by atoms with Crippen LogP contribution in [0.5, 0.6) is 0 Å². The Morgan fingerprint density at radius 2 is 2.47 bits per heavy atom. The molecule has 2 aliphatic heterocycles. The van der Waals surface area contributed by atoms with E-state index < -0.39 is 12.1 Å². The Kier molecular flexibility index (Phi) is 4.37. The van der Waals surface area contributed by atoms with Gasteiger partial charge in [-0.25, -0.2) is 0 Å². The van der Waals surface area contributed by atoms with Crippen LogP contribution in [0.25, 0.3) is 0 Å². The number of rotatable bonds is 5. The predicted molar refractivity (Wildman–Crippen MR) is 71.6 cm³/mol. The molecule has 108 valence electrons. The topological polar surface area (TPSA) is 78.9 Å². The van der Waals surface area contributed by atoms with Crippen molar-refractivity contribution in [3.8, 4) is 0 Å². The molecule has 0 radical (unpaired) electrons. The van der Waals surface area contributed by atoms with Gasteiger partial charge in [0.1, 0.15) is 6.04 Å². The number of hydrogen-bond acceptors (Lipinski definition) is 5.